The fourth-order valence-electron chi connectivity index (χ4n) is 4.81. The maximum atomic E-state index is 15.4. The van der Waals surface area contributed by atoms with Crippen molar-refractivity contribution in [1.82, 2.24) is 9.88 Å². The molecule has 0 spiro atoms. The number of methoxy groups -OCH3 is 1. The first kappa shape index (κ1) is 31.1. The van der Waals surface area contributed by atoms with E-state index < -0.39 is 18.1 Å². The number of benzene rings is 2. The van der Waals surface area contributed by atoms with E-state index in [1.54, 1.807) is 49.3 Å². The van der Waals surface area contributed by atoms with Gasteiger partial charge >= 0.3 is 5.97 Å². The molecule has 0 bridgehead atoms. The summed E-state index contributed by atoms with van der Waals surface area (Å²) in [5.41, 5.74) is 1.27. The number of rotatable bonds is 10. The van der Waals surface area contributed by atoms with E-state index >= 15 is 4.39 Å². The van der Waals surface area contributed by atoms with Crippen molar-refractivity contribution in [2.75, 3.05) is 32.5 Å². The summed E-state index contributed by atoms with van der Waals surface area (Å²) >= 11 is 1.56. The lowest BCUT2D eigenvalue weighted by Crippen LogP contribution is -2.44. The minimum Gasteiger partial charge on any atom is -0.497 e. The molecule has 1 aliphatic heterocycles. The van der Waals surface area contributed by atoms with Crippen molar-refractivity contribution in [2.24, 2.45) is 11.8 Å². The smallest absolute Gasteiger partial charge is 0.308 e. The number of aromatic nitrogens is 1. The largest absolute Gasteiger partial charge is 0.497 e. The molecule has 1 unspecified atom stereocenters. The molecule has 5 nitrogen and oxygen atoms in total. The maximum absolute atomic E-state index is 15.4. The zero-order valence-electron chi connectivity index (χ0n) is 20.5. The minimum atomic E-state index is -1.21. The van der Waals surface area contributed by atoms with Gasteiger partial charge in [0.2, 0.25) is 0 Å². The second-order valence-electron chi connectivity index (χ2n) is 8.93. The molecule has 4 rings (SSSR count). The van der Waals surface area contributed by atoms with E-state index in [0.717, 1.165) is 35.5 Å². The predicted molar refractivity (Wildman–Crippen MR) is 149 cm³/mol. The van der Waals surface area contributed by atoms with Gasteiger partial charge in [-0.15, -0.1) is 36.6 Å². The third-order valence-corrected chi connectivity index (χ3v) is 7.71. The third-order valence-electron chi connectivity index (χ3n) is 6.74. The summed E-state index contributed by atoms with van der Waals surface area (Å²) < 4.78 is 34.0. The zero-order chi connectivity index (χ0) is 24.8. The van der Waals surface area contributed by atoms with Crippen molar-refractivity contribution in [2.45, 2.75) is 30.3 Å². The summed E-state index contributed by atoms with van der Waals surface area (Å²) in [5, 5.41) is 10.6. The number of nitrogens with zero attached hydrogens (tertiary/aromatic N) is 2. The Morgan fingerprint density at radius 1 is 1.24 bits per heavy atom. The van der Waals surface area contributed by atoms with Crippen LogP contribution in [0.1, 0.15) is 31.0 Å². The van der Waals surface area contributed by atoms with Gasteiger partial charge in [0, 0.05) is 35.3 Å². The molecule has 3 atom stereocenters. The number of thioether (sulfide) groups is 1. The van der Waals surface area contributed by atoms with Gasteiger partial charge in [0.25, 0.3) is 0 Å². The number of hydrogen-bond donors (Lipinski definition) is 1. The van der Waals surface area contributed by atoms with Crippen LogP contribution in [0, 0.1) is 17.7 Å². The SMILES string of the molecule is COc1ccc2nccc(C(F)CC[C@@H]3CCN(CCSc4cccc(F)c4)C[C@@H]3C(=O)O)c2c1.Cl.Cl. The third kappa shape index (κ3) is 8.18. The van der Waals surface area contributed by atoms with Crippen molar-refractivity contribution >= 4 is 53.4 Å². The van der Waals surface area contributed by atoms with E-state index in [4.69, 9.17) is 4.74 Å². The molecule has 0 aliphatic carbocycles. The van der Waals surface area contributed by atoms with Gasteiger partial charge in [-0.1, -0.05) is 6.07 Å². The lowest BCUT2D eigenvalue weighted by molar-refractivity contribution is -0.146. The molecule has 3 aromatic rings. The summed E-state index contributed by atoms with van der Waals surface area (Å²) in [6.07, 6.45) is 1.90. The van der Waals surface area contributed by atoms with Crippen molar-refractivity contribution in [3.63, 3.8) is 0 Å². The average molecular weight is 574 g/mol. The van der Waals surface area contributed by atoms with Gasteiger partial charge < -0.3 is 14.7 Å². The number of likely N-dealkylation sites (tertiary alicyclic amines) is 1. The number of ether oxygens (including phenoxy) is 1. The van der Waals surface area contributed by atoms with E-state index in [0.29, 0.717) is 29.8 Å². The lowest BCUT2D eigenvalue weighted by atomic mass is 9.81. The first-order valence-electron chi connectivity index (χ1n) is 11.8. The Balaban J connectivity index is 0.00000241. The van der Waals surface area contributed by atoms with Crippen LogP contribution in [0.3, 0.4) is 0 Å². The zero-order valence-corrected chi connectivity index (χ0v) is 23.0. The number of carboxylic acids is 1. The first-order valence-corrected chi connectivity index (χ1v) is 12.8. The van der Waals surface area contributed by atoms with Crippen molar-refractivity contribution in [3.05, 3.63) is 66.1 Å². The normalized spacial score (nSPS) is 18.5. The monoisotopic (exact) mass is 572 g/mol. The van der Waals surface area contributed by atoms with Gasteiger partial charge in [-0.2, -0.15) is 0 Å². The molecule has 1 saturated heterocycles. The Morgan fingerprint density at radius 2 is 2.05 bits per heavy atom. The van der Waals surface area contributed by atoms with Gasteiger partial charge in [-0.25, -0.2) is 8.78 Å². The molecule has 2 heterocycles. The van der Waals surface area contributed by atoms with E-state index in [2.05, 4.69) is 9.88 Å². The van der Waals surface area contributed by atoms with Crippen LogP contribution in [0.25, 0.3) is 10.9 Å². The molecule has 202 valence electrons. The van der Waals surface area contributed by atoms with Crippen molar-refractivity contribution in [3.8, 4) is 5.75 Å². The van der Waals surface area contributed by atoms with E-state index in [1.807, 2.05) is 12.1 Å². The number of carbonyl (C=O) groups is 1. The Labute approximate surface area is 232 Å². The molecular formula is C27H32Cl2F2N2O3S. The molecule has 1 fully saturated rings. The standard InChI is InChI=1S/C27H30F2N2O3S.2ClH/c1-34-20-6-8-26-23(16-20)22(9-11-30-26)25(29)7-5-18-10-12-31(17-24(18)27(32)33)13-14-35-21-4-2-3-19(28)15-21;;/h2-4,6,8-9,11,15-16,18,24-25H,5,7,10,12-14,17H2,1H3,(H,32,33);2*1H/t18-,24+,25?;;/m1../s1. The number of alkyl halides is 1. The molecule has 10 heteroatoms. The Bertz CT molecular complexity index is 1170. The van der Waals surface area contributed by atoms with Crippen LogP contribution in [-0.2, 0) is 4.79 Å². The van der Waals surface area contributed by atoms with Gasteiger partial charge in [-0.05, 0) is 79.8 Å². The molecule has 0 radical (unpaired) electrons. The molecular weight excluding hydrogens is 541 g/mol. The highest BCUT2D eigenvalue weighted by atomic mass is 35.5. The van der Waals surface area contributed by atoms with Crippen LogP contribution in [0.2, 0.25) is 0 Å². The fraction of sp³-hybridized carbons (Fsp3) is 0.407. The van der Waals surface area contributed by atoms with Gasteiger partial charge in [0.1, 0.15) is 17.7 Å². The highest BCUT2D eigenvalue weighted by Gasteiger charge is 2.34. The molecule has 1 aliphatic rings. The fourth-order valence-corrected chi connectivity index (χ4v) is 5.76. The molecule has 0 saturated carbocycles. The molecule has 1 aromatic heterocycles. The number of fused-ring (bicyclic) bond motifs is 1. The number of halogens is 4. The summed E-state index contributed by atoms with van der Waals surface area (Å²) in [5.74, 6) is -0.275. The summed E-state index contributed by atoms with van der Waals surface area (Å²) in [6.45, 7) is 1.97. The number of carboxylic acid groups (broad SMARTS) is 1. The van der Waals surface area contributed by atoms with E-state index in [1.165, 1.54) is 12.1 Å². The minimum absolute atomic E-state index is 0. The quantitative estimate of drug-likeness (QED) is 0.268. The van der Waals surface area contributed by atoms with Crippen LogP contribution in [0.5, 0.6) is 5.75 Å². The highest BCUT2D eigenvalue weighted by molar-refractivity contribution is 7.99. The topological polar surface area (TPSA) is 62.7 Å². The molecule has 0 amide bonds. The molecule has 2 aromatic carbocycles. The van der Waals surface area contributed by atoms with Gasteiger partial charge in [0.15, 0.2) is 0 Å². The average Bonchev–Trinajstić information content (AvgIpc) is 2.87. The molecule has 1 N–H and O–H groups in total. The second-order valence-corrected chi connectivity index (χ2v) is 10.1. The number of hydrogen-bond acceptors (Lipinski definition) is 5. The number of pyridine rings is 1. The van der Waals surface area contributed by atoms with E-state index in [-0.39, 0.29) is 43.0 Å². The molecule has 37 heavy (non-hydrogen) atoms. The van der Waals surface area contributed by atoms with Gasteiger partial charge in [-0.3, -0.25) is 9.78 Å². The summed E-state index contributed by atoms with van der Waals surface area (Å²) in [7, 11) is 1.57. The van der Waals surface area contributed by atoms with Crippen LogP contribution < -0.4 is 4.74 Å². The Morgan fingerprint density at radius 3 is 2.78 bits per heavy atom. The summed E-state index contributed by atoms with van der Waals surface area (Å²) in [6, 6.07) is 13.6. The second kappa shape index (κ2) is 14.7. The predicted octanol–water partition coefficient (Wildman–Crippen LogP) is 6.83. The van der Waals surface area contributed by atoms with Crippen LogP contribution >= 0.6 is 36.6 Å². The van der Waals surface area contributed by atoms with Crippen LogP contribution in [0.4, 0.5) is 8.78 Å². The first-order chi connectivity index (χ1) is 16.9. The van der Waals surface area contributed by atoms with Crippen molar-refractivity contribution in [1.29, 1.82) is 0 Å². The van der Waals surface area contributed by atoms with Gasteiger partial charge in [0.05, 0.1) is 18.5 Å². The van der Waals surface area contributed by atoms with Crippen LogP contribution in [-0.4, -0.2) is 53.5 Å². The highest BCUT2D eigenvalue weighted by Crippen LogP contribution is 2.35. The number of aliphatic carboxylic acids is 1. The van der Waals surface area contributed by atoms with E-state index in [9.17, 15) is 14.3 Å². The Hall–Kier alpha value is -2.13. The lowest BCUT2D eigenvalue weighted by Gasteiger charge is -2.36. The Kier molecular flexibility index (Phi) is 12.4. The maximum Gasteiger partial charge on any atom is 0.308 e. The van der Waals surface area contributed by atoms with Crippen molar-refractivity contribution < 1.29 is 23.4 Å². The van der Waals surface area contributed by atoms with Crippen LogP contribution in [0.15, 0.2) is 59.6 Å². The summed E-state index contributed by atoms with van der Waals surface area (Å²) in [4.78, 5) is 19.3. The number of piperidine rings is 1.